The average molecular weight is 393 g/mol. The molecule has 2 heterocycles. The molecule has 2 N–H and O–H groups in total. The van der Waals surface area contributed by atoms with E-state index < -0.39 is 23.1 Å². The maximum absolute atomic E-state index is 14.1. The van der Waals surface area contributed by atoms with Crippen LogP contribution in [0.4, 0.5) is 8.78 Å². The molecule has 26 heavy (non-hydrogen) atoms. The summed E-state index contributed by atoms with van der Waals surface area (Å²) in [4.78, 5) is 15.8. The molecule has 1 aromatic heterocycles. The number of hydrogen-bond acceptors (Lipinski definition) is 4. The van der Waals surface area contributed by atoms with Crippen molar-refractivity contribution in [1.82, 2.24) is 4.98 Å². The van der Waals surface area contributed by atoms with Crippen LogP contribution < -0.4 is 10.5 Å². The molecule has 0 spiro atoms. The first-order chi connectivity index (χ1) is 12.5. The number of nitrogens with zero attached hydrogens (tertiary/aromatic N) is 1. The zero-order valence-electron chi connectivity index (χ0n) is 13.1. The standard InChI is InChI=1S/C18H11ClF2N2O2S/c19-15-6-2-10(7-23-15)11-1-3-12(26-9-11)8-25-14-5-4-13(20)16(17(14)21)18(22)24/h1-2,4-7,9H,8H2,(H2,22,24). The Balaban J connectivity index is 1.72. The summed E-state index contributed by atoms with van der Waals surface area (Å²) in [6, 6.07) is 5.56. The first-order valence-corrected chi connectivity index (χ1v) is 8.56. The van der Waals surface area contributed by atoms with E-state index in [4.69, 9.17) is 22.1 Å². The van der Waals surface area contributed by atoms with Crippen LogP contribution in [-0.2, 0) is 0 Å². The minimum absolute atomic E-state index is 0.00453. The molecule has 0 saturated heterocycles. The summed E-state index contributed by atoms with van der Waals surface area (Å²) in [5.41, 5.74) is 8.97. The number of aromatic nitrogens is 1. The number of benzene rings is 1. The molecule has 0 aliphatic carbocycles. The van der Waals surface area contributed by atoms with Crippen LogP contribution in [0.15, 0.2) is 52.6 Å². The minimum atomic E-state index is -1.19. The zero-order valence-corrected chi connectivity index (χ0v) is 14.7. The summed E-state index contributed by atoms with van der Waals surface area (Å²) < 4.78 is 32.9. The summed E-state index contributed by atoms with van der Waals surface area (Å²) in [5, 5.41) is 2.28. The number of carbonyl (C=O) groups excluding carboxylic acids is 1. The van der Waals surface area contributed by atoms with Crippen LogP contribution in [-0.4, -0.2) is 17.5 Å². The largest absolute Gasteiger partial charge is 0.485 e. The fourth-order valence-corrected chi connectivity index (χ4v) is 2.99. The number of thioether (sulfide) groups is 1. The SMILES string of the molecule is NC(=O)c1c(F)ccc(OCC2=C=CC(c3ccc(Cl)nc3)=CS2)c1F. The number of primary amides is 1. The lowest BCUT2D eigenvalue weighted by molar-refractivity contribution is 0.0991. The smallest absolute Gasteiger partial charge is 0.254 e. The van der Waals surface area contributed by atoms with Gasteiger partial charge in [-0.2, -0.15) is 0 Å². The van der Waals surface area contributed by atoms with Gasteiger partial charge in [-0.1, -0.05) is 23.4 Å². The van der Waals surface area contributed by atoms with Gasteiger partial charge >= 0.3 is 0 Å². The molecule has 1 aromatic carbocycles. The Hall–Kier alpha value is -2.60. The van der Waals surface area contributed by atoms with Gasteiger partial charge in [0.05, 0.1) is 4.91 Å². The van der Waals surface area contributed by atoms with Crippen LogP contribution in [0.25, 0.3) is 5.57 Å². The molecule has 2 aromatic rings. The fourth-order valence-electron chi connectivity index (χ4n) is 2.15. The molecular formula is C18H11ClF2N2O2S. The van der Waals surface area contributed by atoms with Gasteiger partial charge in [-0.15, -0.1) is 5.73 Å². The number of halogens is 3. The van der Waals surface area contributed by atoms with Crippen LogP contribution in [0, 0.1) is 11.6 Å². The maximum atomic E-state index is 14.1. The average Bonchev–Trinajstić information content (AvgIpc) is 2.62. The van der Waals surface area contributed by atoms with Crippen molar-refractivity contribution in [2.24, 2.45) is 5.73 Å². The van der Waals surface area contributed by atoms with E-state index in [1.807, 2.05) is 11.5 Å². The highest BCUT2D eigenvalue weighted by molar-refractivity contribution is 8.06. The number of allylic oxidation sites excluding steroid dienone is 1. The van der Waals surface area contributed by atoms with Crippen molar-refractivity contribution < 1.29 is 18.3 Å². The molecule has 132 valence electrons. The van der Waals surface area contributed by atoms with E-state index in [9.17, 15) is 13.6 Å². The number of nitrogens with two attached hydrogens (primary N) is 1. The zero-order chi connectivity index (χ0) is 18.7. The quantitative estimate of drug-likeness (QED) is 0.608. The Kier molecular flexibility index (Phi) is 5.42. The van der Waals surface area contributed by atoms with Crippen molar-refractivity contribution in [2.75, 3.05) is 6.61 Å². The van der Waals surface area contributed by atoms with Crippen molar-refractivity contribution in [3.8, 4) is 5.75 Å². The minimum Gasteiger partial charge on any atom is -0.485 e. The van der Waals surface area contributed by atoms with Crippen LogP contribution >= 0.6 is 23.4 Å². The van der Waals surface area contributed by atoms with Gasteiger partial charge in [-0.05, 0) is 41.3 Å². The normalized spacial score (nSPS) is 13.2. The fraction of sp³-hybridized carbons (Fsp3) is 0.0556. The lowest BCUT2D eigenvalue weighted by atomic mass is 10.1. The van der Waals surface area contributed by atoms with Gasteiger partial charge in [0, 0.05) is 11.8 Å². The van der Waals surface area contributed by atoms with Gasteiger partial charge in [0.15, 0.2) is 11.6 Å². The molecule has 0 bridgehead atoms. The Morgan fingerprint density at radius 2 is 2.12 bits per heavy atom. The van der Waals surface area contributed by atoms with E-state index >= 15 is 0 Å². The van der Waals surface area contributed by atoms with E-state index in [0.717, 1.165) is 23.3 Å². The van der Waals surface area contributed by atoms with Crippen molar-refractivity contribution in [2.45, 2.75) is 0 Å². The second-order valence-electron chi connectivity index (χ2n) is 5.16. The van der Waals surface area contributed by atoms with E-state index in [1.165, 1.54) is 11.8 Å². The number of pyridine rings is 1. The molecule has 0 fully saturated rings. The van der Waals surface area contributed by atoms with Gasteiger partial charge in [0.2, 0.25) is 0 Å². The molecule has 8 heteroatoms. The van der Waals surface area contributed by atoms with Crippen LogP contribution in [0.1, 0.15) is 15.9 Å². The monoisotopic (exact) mass is 392 g/mol. The third-order valence-corrected chi connectivity index (χ3v) is 4.55. The molecule has 0 atom stereocenters. The highest BCUT2D eigenvalue weighted by Gasteiger charge is 2.19. The van der Waals surface area contributed by atoms with Crippen molar-refractivity contribution in [3.63, 3.8) is 0 Å². The summed E-state index contributed by atoms with van der Waals surface area (Å²) >= 11 is 7.11. The first-order valence-electron chi connectivity index (χ1n) is 7.30. The lowest BCUT2D eigenvalue weighted by Gasteiger charge is -2.12. The number of rotatable bonds is 5. The van der Waals surface area contributed by atoms with Crippen LogP contribution in [0.3, 0.4) is 0 Å². The van der Waals surface area contributed by atoms with Gasteiger partial charge < -0.3 is 10.5 Å². The summed E-state index contributed by atoms with van der Waals surface area (Å²) in [6.45, 7) is 0.00453. The van der Waals surface area contributed by atoms with Gasteiger partial charge in [-0.3, -0.25) is 4.79 Å². The van der Waals surface area contributed by atoms with Gasteiger partial charge in [-0.25, -0.2) is 13.8 Å². The summed E-state index contributed by atoms with van der Waals surface area (Å²) in [7, 11) is 0. The Morgan fingerprint density at radius 1 is 1.31 bits per heavy atom. The van der Waals surface area contributed by atoms with Gasteiger partial charge in [0.25, 0.3) is 5.91 Å². The topological polar surface area (TPSA) is 65.2 Å². The van der Waals surface area contributed by atoms with Crippen LogP contribution in [0.2, 0.25) is 5.15 Å². The first kappa shape index (κ1) is 18.2. The Labute approximate surface area is 157 Å². The summed E-state index contributed by atoms with van der Waals surface area (Å²) in [6.07, 6.45) is 3.39. The third-order valence-electron chi connectivity index (χ3n) is 3.44. The second kappa shape index (κ2) is 7.74. The molecule has 1 amide bonds. The van der Waals surface area contributed by atoms with Crippen LogP contribution in [0.5, 0.6) is 5.75 Å². The highest BCUT2D eigenvalue weighted by atomic mass is 35.5. The Morgan fingerprint density at radius 3 is 2.73 bits per heavy atom. The third kappa shape index (κ3) is 3.96. The molecular weight excluding hydrogens is 382 g/mol. The lowest BCUT2D eigenvalue weighted by Crippen LogP contribution is -2.16. The predicted molar refractivity (Wildman–Crippen MR) is 96.8 cm³/mol. The number of carbonyl (C=O) groups is 1. The molecule has 1 aliphatic heterocycles. The number of hydrogen-bond donors (Lipinski definition) is 1. The number of ether oxygens (including phenoxy) is 1. The van der Waals surface area contributed by atoms with Crippen molar-refractivity contribution >= 4 is 34.8 Å². The van der Waals surface area contributed by atoms with Gasteiger partial charge in [0.1, 0.15) is 23.1 Å². The molecule has 0 radical (unpaired) electrons. The highest BCUT2D eigenvalue weighted by Crippen LogP contribution is 2.30. The van der Waals surface area contributed by atoms with E-state index in [2.05, 4.69) is 10.7 Å². The Bertz CT molecular complexity index is 968. The molecule has 4 nitrogen and oxygen atoms in total. The van der Waals surface area contributed by atoms with E-state index in [0.29, 0.717) is 10.1 Å². The molecule has 1 aliphatic rings. The predicted octanol–water partition coefficient (Wildman–Crippen LogP) is 4.32. The van der Waals surface area contributed by atoms with Crippen molar-refractivity contribution in [1.29, 1.82) is 0 Å². The van der Waals surface area contributed by atoms with E-state index in [-0.39, 0.29) is 12.4 Å². The maximum Gasteiger partial charge on any atom is 0.254 e. The molecule has 0 unspecified atom stereocenters. The van der Waals surface area contributed by atoms with E-state index in [1.54, 1.807) is 18.3 Å². The van der Waals surface area contributed by atoms with Crippen molar-refractivity contribution in [3.05, 3.63) is 80.5 Å². The molecule has 0 saturated carbocycles. The summed E-state index contributed by atoms with van der Waals surface area (Å²) in [5.74, 6) is -3.60. The molecule has 3 rings (SSSR count). The second-order valence-corrected chi connectivity index (χ2v) is 6.51. The number of amides is 1.